The van der Waals surface area contributed by atoms with Gasteiger partial charge in [0, 0.05) is 55.4 Å². The largest absolute Gasteiger partial charge is 0.374 e. The van der Waals surface area contributed by atoms with Crippen LogP contribution in [0.2, 0.25) is 0 Å². The predicted octanol–water partition coefficient (Wildman–Crippen LogP) is 7.96. The average molecular weight is 460 g/mol. The van der Waals surface area contributed by atoms with Crippen molar-refractivity contribution in [2.24, 2.45) is 4.99 Å². The minimum atomic E-state index is -0.232. The summed E-state index contributed by atoms with van der Waals surface area (Å²) in [6.45, 7) is 11.1. The Morgan fingerprint density at radius 1 is 1.03 bits per heavy atom. The van der Waals surface area contributed by atoms with E-state index < -0.39 is 0 Å². The van der Waals surface area contributed by atoms with Gasteiger partial charge in [0.05, 0.1) is 0 Å². The van der Waals surface area contributed by atoms with E-state index in [1.54, 1.807) is 12.1 Å². The first kappa shape index (κ1) is 26.8. The summed E-state index contributed by atoms with van der Waals surface area (Å²) < 4.78 is 14.4. The van der Waals surface area contributed by atoms with E-state index in [0.29, 0.717) is 5.56 Å². The Hall–Kier alpha value is -3.40. The molecule has 0 aliphatic carbocycles. The van der Waals surface area contributed by atoms with E-state index in [-0.39, 0.29) is 5.82 Å². The number of benzene rings is 2. The van der Waals surface area contributed by atoms with Crippen LogP contribution in [-0.4, -0.2) is 31.3 Å². The number of nitrogens with one attached hydrogen (secondary N) is 1. The van der Waals surface area contributed by atoms with Crippen molar-refractivity contribution in [2.75, 3.05) is 26.0 Å². The van der Waals surface area contributed by atoms with E-state index in [1.165, 1.54) is 6.07 Å². The fourth-order valence-corrected chi connectivity index (χ4v) is 3.68. The highest BCUT2D eigenvalue weighted by Gasteiger charge is 2.12. The molecule has 0 atom stereocenters. The van der Waals surface area contributed by atoms with Gasteiger partial charge < -0.3 is 10.2 Å². The summed E-state index contributed by atoms with van der Waals surface area (Å²) in [4.78, 5) is 6.73. The molecule has 34 heavy (non-hydrogen) atoms. The van der Waals surface area contributed by atoms with Crippen molar-refractivity contribution < 1.29 is 4.39 Å². The third kappa shape index (κ3) is 7.31. The molecule has 0 heterocycles. The Kier molecular flexibility index (Phi) is 11.0. The standard InChI is InChI=1S/C30H38FN3/c1-7-13-24(28(32-5)14-8-2)22-30(34(6)10-4)23-18-20-25(21-19-23)33-29(15-9-3)26-16-11-12-17-27(26)31/h8,11-13,15-22,33H,2,7,9-10,14H2,1,3-6H3/b24-13+,29-15-,30-22-,32-28+. The zero-order valence-corrected chi connectivity index (χ0v) is 21.2. The number of aliphatic imine (C=N–C) groups is 1. The van der Waals surface area contributed by atoms with E-state index in [1.807, 2.05) is 44.3 Å². The topological polar surface area (TPSA) is 27.6 Å². The van der Waals surface area contributed by atoms with Crippen LogP contribution in [0.5, 0.6) is 0 Å². The molecule has 0 aliphatic heterocycles. The molecule has 0 fully saturated rings. The van der Waals surface area contributed by atoms with Crippen LogP contribution in [0.3, 0.4) is 0 Å². The van der Waals surface area contributed by atoms with E-state index in [0.717, 1.165) is 59.7 Å². The molecule has 2 rings (SSSR count). The Labute approximate surface area is 205 Å². The molecule has 0 bridgehead atoms. The fourth-order valence-electron chi connectivity index (χ4n) is 3.68. The highest BCUT2D eigenvalue weighted by Crippen LogP contribution is 2.26. The van der Waals surface area contributed by atoms with Gasteiger partial charge in [-0.05, 0) is 61.2 Å². The summed E-state index contributed by atoms with van der Waals surface area (Å²) in [6, 6.07) is 15.1. The molecule has 0 aromatic heterocycles. The first-order valence-corrected chi connectivity index (χ1v) is 12.0. The summed E-state index contributed by atoms with van der Waals surface area (Å²) in [5.41, 5.74) is 6.64. The second-order valence-electron chi connectivity index (χ2n) is 7.98. The zero-order valence-electron chi connectivity index (χ0n) is 21.2. The van der Waals surface area contributed by atoms with Gasteiger partial charge in [-0.15, -0.1) is 6.58 Å². The highest BCUT2D eigenvalue weighted by molar-refractivity contribution is 6.04. The van der Waals surface area contributed by atoms with Gasteiger partial charge in [-0.2, -0.15) is 0 Å². The molecule has 0 saturated heterocycles. The maximum atomic E-state index is 14.4. The molecular weight excluding hydrogens is 421 g/mol. The summed E-state index contributed by atoms with van der Waals surface area (Å²) >= 11 is 0. The molecular formula is C30H38FN3. The Balaban J connectivity index is 2.41. The van der Waals surface area contributed by atoms with Crippen LogP contribution >= 0.6 is 0 Å². The van der Waals surface area contributed by atoms with Gasteiger partial charge in [-0.25, -0.2) is 4.39 Å². The van der Waals surface area contributed by atoms with Gasteiger partial charge >= 0.3 is 0 Å². The second kappa shape index (κ2) is 14.0. The molecule has 1 N–H and O–H groups in total. The maximum Gasteiger partial charge on any atom is 0.132 e. The summed E-state index contributed by atoms with van der Waals surface area (Å²) in [6.07, 6.45) is 10.8. The number of nitrogens with zero attached hydrogens (tertiary/aromatic N) is 2. The minimum absolute atomic E-state index is 0.232. The van der Waals surface area contributed by atoms with Gasteiger partial charge in [0.25, 0.3) is 0 Å². The number of halogens is 1. The average Bonchev–Trinajstić information content (AvgIpc) is 2.85. The SMILES string of the molecule is C=CCC(=N\C)/C(/C=C(/c1ccc(N/C(=C\CC)c2ccccc2F)cc1)N(C)CC)=C/CC. The summed E-state index contributed by atoms with van der Waals surface area (Å²) in [5.74, 6) is -0.232. The second-order valence-corrected chi connectivity index (χ2v) is 7.98. The van der Waals surface area contributed by atoms with E-state index in [2.05, 4.69) is 67.0 Å². The molecule has 4 heteroatoms. The van der Waals surface area contributed by atoms with Crippen molar-refractivity contribution in [3.63, 3.8) is 0 Å². The first-order valence-electron chi connectivity index (χ1n) is 12.0. The summed E-state index contributed by atoms with van der Waals surface area (Å²) in [7, 11) is 3.93. The smallest absolute Gasteiger partial charge is 0.132 e. The monoisotopic (exact) mass is 459 g/mol. The number of allylic oxidation sites excluding steroid dienone is 5. The predicted molar refractivity (Wildman–Crippen MR) is 148 cm³/mol. The van der Waals surface area contributed by atoms with Crippen LogP contribution in [0.15, 0.2) is 90.0 Å². The molecule has 0 aliphatic rings. The number of anilines is 1. The van der Waals surface area contributed by atoms with Crippen LogP contribution in [0.1, 0.15) is 51.2 Å². The Morgan fingerprint density at radius 2 is 1.71 bits per heavy atom. The van der Waals surface area contributed by atoms with Crippen LogP contribution in [0, 0.1) is 5.82 Å². The Bertz CT molecular complexity index is 1060. The summed E-state index contributed by atoms with van der Waals surface area (Å²) in [5, 5.41) is 3.40. The quantitative estimate of drug-likeness (QED) is 0.198. The minimum Gasteiger partial charge on any atom is -0.374 e. The normalized spacial score (nSPS) is 13.1. The molecule has 0 radical (unpaired) electrons. The maximum absolute atomic E-state index is 14.4. The first-order chi connectivity index (χ1) is 16.5. The van der Waals surface area contributed by atoms with E-state index in [4.69, 9.17) is 0 Å². The molecule has 0 saturated carbocycles. The van der Waals surface area contributed by atoms with Crippen molar-refractivity contribution >= 4 is 22.8 Å². The number of hydrogen-bond donors (Lipinski definition) is 1. The van der Waals surface area contributed by atoms with Gasteiger partial charge in [-0.3, -0.25) is 4.99 Å². The van der Waals surface area contributed by atoms with E-state index >= 15 is 0 Å². The molecule has 180 valence electrons. The lowest BCUT2D eigenvalue weighted by atomic mass is 10.0. The van der Waals surface area contributed by atoms with Crippen LogP contribution in [0.25, 0.3) is 11.4 Å². The Morgan fingerprint density at radius 3 is 2.26 bits per heavy atom. The molecule has 0 amide bonds. The van der Waals surface area contributed by atoms with Gasteiger partial charge in [-0.1, -0.05) is 56.3 Å². The van der Waals surface area contributed by atoms with E-state index in [9.17, 15) is 4.39 Å². The lowest BCUT2D eigenvalue weighted by Gasteiger charge is -2.23. The third-order valence-corrected chi connectivity index (χ3v) is 5.57. The highest BCUT2D eigenvalue weighted by atomic mass is 19.1. The zero-order chi connectivity index (χ0) is 24.9. The number of rotatable bonds is 12. The van der Waals surface area contributed by atoms with Gasteiger partial charge in [0.1, 0.15) is 5.82 Å². The molecule has 0 spiro atoms. The molecule has 2 aromatic rings. The van der Waals surface area contributed by atoms with Crippen molar-refractivity contribution in [1.29, 1.82) is 0 Å². The molecule has 0 unspecified atom stereocenters. The van der Waals surface area contributed by atoms with Crippen LogP contribution < -0.4 is 5.32 Å². The van der Waals surface area contributed by atoms with Crippen molar-refractivity contribution in [2.45, 2.75) is 40.0 Å². The van der Waals surface area contributed by atoms with Crippen LogP contribution in [0.4, 0.5) is 10.1 Å². The lowest BCUT2D eigenvalue weighted by molar-refractivity contribution is 0.509. The molecule has 2 aromatic carbocycles. The third-order valence-electron chi connectivity index (χ3n) is 5.57. The number of hydrogen-bond acceptors (Lipinski definition) is 3. The van der Waals surface area contributed by atoms with Crippen molar-refractivity contribution in [3.05, 3.63) is 102 Å². The molecule has 3 nitrogen and oxygen atoms in total. The lowest BCUT2D eigenvalue weighted by Crippen LogP contribution is -2.17. The van der Waals surface area contributed by atoms with Gasteiger partial charge in [0.2, 0.25) is 0 Å². The van der Waals surface area contributed by atoms with Crippen molar-refractivity contribution in [3.8, 4) is 0 Å². The fraction of sp³-hybridized carbons (Fsp3) is 0.300. The van der Waals surface area contributed by atoms with Crippen LogP contribution in [-0.2, 0) is 0 Å². The van der Waals surface area contributed by atoms with Crippen molar-refractivity contribution in [1.82, 2.24) is 4.90 Å². The van der Waals surface area contributed by atoms with Gasteiger partial charge in [0.15, 0.2) is 0 Å².